The second-order valence-corrected chi connectivity index (χ2v) is 5.00. The van der Waals surface area contributed by atoms with Gasteiger partial charge in [0.2, 0.25) is 0 Å². The molecule has 1 heterocycles. The third kappa shape index (κ3) is 4.19. The molecule has 0 saturated heterocycles. The zero-order chi connectivity index (χ0) is 15.4. The molecule has 1 aromatic rings. The van der Waals surface area contributed by atoms with E-state index in [1.165, 1.54) is 6.07 Å². The van der Waals surface area contributed by atoms with Crippen LogP contribution in [0.4, 0.5) is 11.4 Å². The van der Waals surface area contributed by atoms with Gasteiger partial charge < -0.3 is 16.4 Å². The van der Waals surface area contributed by atoms with Crippen LogP contribution in [0.5, 0.6) is 0 Å². The largest absolute Gasteiger partial charge is 0.393 e. The summed E-state index contributed by atoms with van der Waals surface area (Å²) in [4.78, 5) is 22.5. The molecule has 1 aliphatic rings. The molecule has 0 saturated carbocycles. The van der Waals surface area contributed by atoms with E-state index in [2.05, 4.69) is 10.6 Å². The summed E-state index contributed by atoms with van der Waals surface area (Å²) in [5.74, 6) is -0.390. The van der Waals surface area contributed by atoms with Gasteiger partial charge in [-0.15, -0.1) is 12.4 Å². The molecule has 0 aliphatic carbocycles. The average molecular weight is 327 g/mol. The molecule has 2 rings (SSSR count). The predicted octanol–water partition coefficient (Wildman–Crippen LogP) is 1.56. The lowest BCUT2D eigenvalue weighted by molar-refractivity contribution is -0.384. The maximum absolute atomic E-state index is 12.2. The Balaban J connectivity index is 0.00000242. The number of aryl methyl sites for hydroxylation is 1. The smallest absolute Gasteiger partial charge is 0.293 e. The van der Waals surface area contributed by atoms with Crippen molar-refractivity contribution in [3.8, 4) is 0 Å². The van der Waals surface area contributed by atoms with Crippen molar-refractivity contribution in [3.05, 3.63) is 45.0 Å². The number of nitro groups is 1. The molecule has 120 valence electrons. The number of hydrogen-bond donors (Lipinski definition) is 3. The van der Waals surface area contributed by atoms with Crippen molar-refractivity contribution in [1.29, 1.82) is 0 Å². The molecule has 0 unspecified atom stereocenters. The van der Waals surface area contributed by atoms with Crippen LogP contribution in [-0.2, 0) is 0 Å². The molecule has 22 heavy (non-hydrogen) atoms. The average Bonchev–Trinajstić information content (AvgIpc) is 2.47. The van der Waals surface area contributed by atoms with Crippen LogP contribution in [0.1, 0.15) is 22.3 Å². The number of nitrogens with zero attached hydrogens (tertiary/aromatic N) is 1. The number of nitrogen functional groups attached to an aromatic ring is 1. The zero-order valence-electron chi connectivity index (χ0n) is 12.2. The van der Waals surface area contributed by atoms with Crippen LogP contribution in [0.3, 0.4) is 0 Å². The van der Waals surface area contributed by atoms with Crippen LogP contribution in [0, 0.1) is 17.0 Å². The minimum absolute atomic E-state index is 0. The van der Waals surface area contributed by atoms with Gasteiger partial charge in [-0.1, -0.05) is 11.6 Å². The van der Waals surface area contributed by atoms with Gasteiger partial charge in [0.1, 0.15) is 5.69 Å². The number of nitrogens with two attached hydrogens (primary N) is 1. The zero-order valence-corrected chi connectivity index (χ0v) is 13.0. The van der Waals surface area contributed by atoms with E-state index in [-0.39, 0.29) is 29.3 Å². The standard InChI is InChI=1S/C14H18N4O3.ClH/c1-9-6-11(13(15)12(7-9)18(20)21)14(19)17-8-10-2-4-16-5-3-10;/h2,6-7,16H,3-5,8,15H2,1H3,(H,17,19);1H. The van der Waals surface area contributed by atoms with Crippen molar-refractivity contribution in [2.45, 2.75) is 13.3 Å². The normalized spacial score (nSPS) is 13.8. The van der Waals surface area contributed by atoms with Gasteiger partial charge in [-0.05, 0) is 31.5 Å². The Bertz CT molecular complexity index is 616. The maximum Gasteiger partial charge on any atom is 0.293 e. The van der Waals surface area contributed by atoms with E-state index < -0.39 is 10.8 Å². The number of amides is 1. The Labute approximate surface area is 134 Å². The summed E-state index contributed by atoms with van der Waals surface area (Å²) >= 11 is 0. The van der Waals surface area contributed by atoms with E-state index in [4.69, 9.17) is 5.73 Å². The third-order valence-electron chi connectivity index (χ3n) is 3.38. The highest BCUT2D eigenvalue weighted by molar-refractivity contribution is 6.01. The number of nitro benzene ring substituents is 1. The summed E-state index contributed by atoms with van der Waals surface area (Å²) in [6.45, 7) is 3.81. The third-order valence-corrected chi connectivity index (χ3v) is 3.38. The Morgan fingerprint density at radius 2 is 2.23 bits per heavy atom. The molecule has 0 fully saturated rings. The Kier molecular flexibility index (Phi) is 6.33. The molecule has 8 heteroatoms. The SMILES string of the molecule is Cc1cc(C(=O)NCC2=CCNCC2)c(N)c([N+](=O)[O-])c1.Cl. The van der Waals surface area contributed by atoms with Crippen LogP contribution >= 0.6 is 12.4 Å². The second kappa shape index (κ2) is 7.77. The monoisotopic (exact) mass is 326 g/mol. The molecule has 0 atom stereocenters. The predicted molar refractivity (Wildman–Crippen MR) is 87.4 cm³/mol. The van der Waals surface area contributed by atoms with E-state index >= 15 is 0 Å². The van der Waals surface area contributed by atoms with Crippen molar-refractivity contribution in [3.63, 3.8) is 0 Å². The lowest BCUT2D eigenvalue weighted by Gasteiger charge is -2.15. The van der Waals surface area contributed by atoms with Gasteiger partial charge in [-0.25, -0.2) is 0 Å². The molecule has 1 amide bonds. The van der Waals surface area contributed by atoms with E-state index in [0.29, 0.717) is 12.1 Å². The summed E-state index contributed by atoms with van der Waals surface area (Å²) in [6.07, 6.45) is 2.91. The summed E-state index contributed by atoms with van der Waals surface area (Å²) < 4.78 is 0. The molecule has 4 N–H and O–H groups in total. The summed E-state index contributed by atoms with van der Waals surface area (Å²) in [5.41, 5.74) is 7.32. The number of carbonyl (C=O) groups excluding carboxylic acids is 1. The first-order valence-electron chi connectivity index (χ1n) is 6.70. The van der Waals surface area contributed by atoms with Crippen LogP contribution in [-0.4, -0.2) is 30.5 Å². The molecule has 0 spiro atoms. The molecule has 7 nitrogen and oxygen atoms in total. The number of anilines is 1. The van der Waals surface area contributed by atoms with Gasteiger partial charge in [0.15, 0.2) is 0 Å². The highest BCUT2D eigenvalue weighted by Crippen LogP contribution is 2.27. The van der Waals surface area contributed by atoms with E-state index in [1.807, 2.05) is 6.08 Å². The van der Waals surface area contributed by atoms with Crippen LogP contribution in [0.15, 0.2) is 23.8 Å². The maximum atomic E-state index is 12.2. The van der Waals surface area contributed by atoms with E-state index in [9.17, 15) is 14.9 Å². The fourth-order valence-electron chi connectivity index (χ4n) is 2.24. The van der Waals surface area contributed by atoms with E-state index in [0.717, 1.165) is 25.1 Å². The number of benzene rings is 1. The second-order valence-electron chi connectivity index (χ2n) is 5.00. The molecular weight excluding hydrogens is 308 g/mol. The summed E-state index contributed by atoms with van der Waals surface area (Å²) in [6, 6.07) is 2.93. The molecular formula is C14H19ClN4O3. The van der Waals surface area contributed by atoms with Gasteiger partial charge in [0.05, 0.1) is 10.5 Å². The molecule has 0 radical (unpaired) electrons. The van der Waals surface area contributed by atoms with Crippen LogP contribution in [0.2, 0.25) is 0 Å². The lowest BCUT2D eigenvalue weighted by atomic mass is 10.1. The van der Waals surface area contributed by atoms with Crippen molar-refractivity contribution in [2.24, 2.45) is 0 Å². The fraction of sp³-hybridized carbons (Fsp3) is 0.357. The summed E-state index contributed by atoms with van der Waals surface area (Å²) in [7, 11) is 0. The topological polar surface area (TPSA) is 110 Å². The number of halogens is 1. The van der Waals surface area contributed by atoms with Crippen LogP contribution < -0.4 is 16.4 Å². The number of hydrogen-bond acceptors (Lipinski definition) is 5. The Hall–Kier alpha value is -2.12. The lowest BCUT2D eigenvalue weighted by Crippen LogP contribution is -2.30. The highest BCUT2D eigenvalue weighted by atomic mass is 35.5. The minimum Gasteiger partial charge on any atom is -0.393 e. The van der Waals surface area contributed by atoms with Gasteiger partial charge >= 0.3 is 0 Å². The molecule has 0 bridgehead atoms. The first kappa shape index (κ1) is 17.9. The quantitative estimate of drug-likeness (QED) is 0.336. The molecule has 1 aliphatic heterocycles. The number of carbonyl (C=O) groups is 1. The van der Waals surface area contributed by atoms with Crippen molar-refractivity contribution >= 4 is 29.7 Å². The van der Waals surface area contributed by atoms with Gasteiger partial charge in [-0.3, -0.25) is 14.9 Å². The fourth-order valence-corrected chi connectivity index (χ4v) is 2.24. The van der Waals surface area contributed by atoms with Crippen LogP contribution in [0.25, 0.3) is 0 Å². The van der Waals surface area contributed by atoms with E-state index in [1.54, 1.807) is 13.0 Å². The first-order chi connectivity index (χ1) is 9.99. The van der Waals surface area contributed by atoms with Crippen molar-refractivity contribution in [2.75, 3.05) is 25.4 Å². The van der Waals surface area contributed by atoms with Crippen molar-refractivity contribution < 1.29 is 9.72 Å². The molecule has 1 aromatic carbocycles. The highest BCUT2D eigenvalue weighted by Gasteiger charge is 2.20. The number of nitrogens with one attached hydrogen (secondary N) is 2. The summed E-state index contributed by atoms with van der Waals surface area (Å²) in [5, 5.41) is 16.9. The minimum atomic E-state index is -0.575. The Morgan fingerprint density at radius 1 is 1.50 bits per heavy atom. The van der Waals surface area contributed by atoms with Gasteiger partial charge in [-0.2, -0.15) is 0 Å². The van der Waals surface area contributed by atoms with Crippen molar-refractivity contribution in [1.82, 2.24) is 10.6 Å². The van der Waals surface area contributed by atoms with Gasteiger partial charge in [0, 0.05) is 19.2 Å². The number of rotatable bonds is 4. The Morgan fingerprint density at radius 3 is 2.82 bits per heavy atom. The molecule has 0 aromatic heterocycles. The van der Waals surface area contributed by atoms with Gasteiger partial charge in [0.25, 0.3) is 11.6 Å². The first-order valence-corrected chi connectivity index (χ1v) is 6.70.